The molecule has 0 spiro atoms. The van der Waals surface area contributed by atoms with Crippen LogP contribution >= 0.6 is 0 Å². The van der Waals surface area contributed by atoms with Crippen molar-refractivity contribution in [3.8, 4) is 11.5 Å². The molecule has 0 saturated carbocycles. The lowest BCUT2D eigenvalue weighted by Gasteiger charge is -2.40. The molecule has 2 aliphatic heterocycles. The highest BCUT2D eigenvalue weighted by Crippen LogP contribution is 2.46. The molecule has 8 N–H and O–H groups in total. The summed E-state index contributed by atoms with van der Waals surface area (Å²) in [6.45, 7) is 2.15. The summed E-state index contributed by atoms with van der Waals surface area (Å²) in [6.07, 6.45) is -13.2. The third-order valence-corrected chi connectivity index (χ3v) is 9.32. The van der Waals surface area contributed by atoms with Gasteiger partial charge in [0.1, 0.15) is 60.3 Å². The highest BCUT2D eigenvalue weighted by Gasteiger charge is 2.47. The molecule has 6 rings (SSSR count). The summed E-state index contributed by atoms with van der Waals surface area (Å²) in [5, 5.41) is 83.8. The van der Waals surface area contributed by atoms with Gasteiger partial charge < -0.3 is 59.8 Å². The van der Waals surface area contributed by atoms with Crippen LogP contribution in [-0.2, 0) is 9.47 Å². The average Bonchev–Trinajstić information content (AvgIpc) is 3.13. The van der Waals surface area contributed by atoms with E-state index >= 15 is 0 Å². The van der Waals surface area contributed by atoms with E-state index in [1.165, 1.54) is 12.1 Å². The molecule has 1 aliphatic carbocycles. The summed E-state index contributed by atoms with van der Waals surface area (Å²) < 4.78 is 23.8. The van der Waals surface area contributed by atoms with Crippen molar-refractivity contribution < 1.29 is 69.4 Å². The number of hydrogen-bond donors (Lipinski definition) is 8. The van der Waals surface area contributed by atoms with Crippen molar-refractivity contribution >= 4 is 22.3 Å². The van der Waals surface area contributed by atoms with Gasteiger partial charge >= 0.3 is 0 Å². The summed E-state index contributed by atoms with van der Waals surface area (Å²) >= 11 is 0. The van der Waals surface area contributed by atoms with Crippen LogP contribution in [0.1, 0.15) is 46.0 Å². The summed E-state index contributed by atoms with van der Waals surface area (Å²) in [5.74, 6) is -1.84. The van der Waals surface area contributed by atoms with Crippen LogP contribution in [0.4, 0.5) is 0 Å². The van der Waals surface area contributed by atoms with Crippen LogP contribution in [0.15, 0.2) is 77.9 Å². The molecule has 0 bridgehead atoms. The van der Waals surface area contributed by atoms with Gasteiger partial charge in [-0.3, -0.25) is 9.59 Å². The molecular weight excluding hydrogens is 668 g/mol. The molecule has 0 amide bonds. The van der Waals surface area contributed by atoms with Gasteiger partial charge in [-0.25, -0.2) is 0 Å². The van der Waals surface area contributed by atoms with Crippen molar-refractivity contribution in [3.63, 3.8) is 0 Å². The Bertz CT molecular complexity index is 1850. The monoisotopic (exact) mass is 708 g/mol. The van der Waals surface area contributed by atoms with Crippen LogP contribution in [0.5, 0.6) is 11.5 Å². The first kappa shape index (κ1) is 36.7. The number of ketones is 2. The minimum absolute atomic E-state index is 0.0126. The second-order valence-corrected chi connectivity index (χ2v) is 13.0. The zero-order valence-corrected chi connectivity index (χ0v) is 27.6. The molecule has 2 heterocycles. The van der Waals surface area contributed by atoms with Gasteiger partial charge in [-0.15, -0.1) is 0 Å². The van der Waals surface area contributed by atoms with Gasteiger partial charge in [0.05, 0.1) is 13.2 Å². The lowest BCUT2D eigenvalue weighted by atomic mass is 9.79. The number of Topliss-reactive ketones (excluding diaryl/α,β-unsaturated/α-hetero) is 1. The van der Waals surface area contributed by atoms with Gasteiger partial charge in [0, 0.05) is 39.0 Å². The molecule has 51 heavy (non-hydrogen) atoms. The molecule has 272 valence electrons. The molecule has 0 radical (unpaired) electrons. The fraction of sp³-hybridized carbons (Fsp3) is 0.405. The van der Waals surface area contributed by atoms with Gasteiger partial charge in [-0.1, -0.05) is 60.2 Å². The maximum Gasteiger partial charge on any atom is 0.229 e. The first-order chi connectivity index (χ1) is 24.4. The van der Waals surface area contributed by atoms with Crippen LogP contribution < -0.4 is 9.47 Å². The summed E-state index contributed by atoms with van der Waals surface area (Å²) in [6, 6.07) is 14.4. The average molecular weight is 709 g/mol. The second-order valence-electron chi connectivity index (χ2n) is 13.0. The quantitative estimate of drug-likeness (QED) is 0.139. The fourth-order valence-corrected chi connectivity index (χ4v) is 6.61. The van der Waals surface area contributed by atoms with Crippen molar-refractivity contribution in [2.24, 2.45) is 0 Å². The summed E-state index contributed by atoms with van der Waals surface area (Å²) in [7, 11) is 0. The number of benzene rings is 3. The first-order valence-electron chi connectivity index (χ1n) is 16.4. The highest BCUT2D eigenvalue weighted by molar-refractivity contribution is 6.25. The number of carbonyl (C=O) groups excluding carboxylic acids is 2. The van der Waals surface area contributed by atoms with E-state index in [1.54, 1.807) is 68.5 Å². The number of aliphatic hydroxyl groups is 8. The number of rotatable bonds is 9. The fourth-order valence-electron chi connectivity index (χ4n) is 6.61. The van der Waals surface area contributed by atoms with E-state index in [2.05, 4.69) is 0 Å². The lowest BCUT2D eigenvalue weighted by Crippen LogP contribution is -2.60. The SMILES string of the molecule is CC(C)=CC(C1=CC(=O)c2ccccc2C1=O)c1cc(O[C@@H]2O[C@H](CO)[C@@H](O)[C@H](O)[C@H]2O)c2ccccc2c1O[C@@H]1O[C@H](CO)[C@@H](O)[C@H](O)[C@H]1O. The van der Waals surface area contributed by atoms with Gasteiger partial charge in [-0.05, 0) is 26.0 Å². The second kappa shape index (κ2) is 14.9. The van der Waals surface area contributed by atoms with Gasteiger partial charge in [0.15, 0.2) is 11.6 Å². The van der Waals surface area contributed by atoms with E-state index in [-0.39, 0.29) is 33.8 Å². The van der Waals surface area contributed by atoms with E-state index in [9.17, 15) is 50.4 Å². The third kappa shape index (κ3) is 6.83. The standard InChI is InChI=1S/C37H40O14/c1-16(2)11-21(22-12-24(40)17-7-3-5-9-19(17)28(22)41)23-13-25(48-36-33(46)31(44)29(42)26(14-38)49-36)18-8-4-6-10-20(18)35(23)51-37-34(47)32(45)30(43)27(15-39)50-37/h3-13,21,26-27,29-34,36-39,42-47H,14-15H2,1-2H3/t21?,26-,27-,29-,30-,31+,32+,33-,34-,36-,37+/m1/s1. The van der Waals surface area contributed by atoms with E-state index in [4.69, 9.17) is 18.9 Å². The van der Waals surface area contributed by atoms with E-state index in [0.717, 1.165) is 5.57 Å². The maximum atomic E-state index is 14.1. The van der Waals surface area contributed by atoms with Crippen molar-refractivity contribution in [1.29, 1.82) is 0 Å². The van der Waals surface area contributed by atoms with Crippen LogP contribution in [0, 0.1) is 0 Å². The first-order valence-corrected chi connectivity index (χ1v) is 16.4. The van der Waals surface area contributed by atoms with E-state index in [0.29, 0.717) is 10.8 Å². The minimum Gasteiger partial charge on any atom is -0.461 e. The predicted molar refractivity (Wildman–Crippen MR) is 178 cm³/mol. The molecule has 3 aliphatic rings. The third-order valence-electron chi connectivity index (χ3n) is 9.32. The largest absolute Gasteiger partial charge is 0.461 e. The van der Waals surface area contributed by atoms with Gasteiger partial charge in [-0.2, -0.15) is 0 Å². The Kier molecular flexibility index (Phi) is 10.7. The Morgan fingerprint density at radius 1 is 0.725 bits per heavy atom. The van der Waals surface area contributed by atoms with Crippen molar-refractivity contribution in [1.82, 2.24) is 0 Å². The number of carbonyl (C=O) groups is 2. The molecule has 14 heteroatoms. The van der Waals surface area contributed by atoms with Gasteiger partial charge in [0.25, 0.3) is 0 Å². The molecule has 0 aromatic heterocycles. The smallest absolute Gasteiger partial charge is 0.229 e. The Morgan fingerprint density at radius 2 is 1.25 bits per heavy atom. The Labute approximate surface area is 292 Å². The Morgan fingerprint density at radius 3 is 1.82 bits per heavy atom. The Balaban J connectivity index is 1.56. The summed E-state index contributed by atoms with van der Waals surface area (Å²) in [4.78, 5) is 27.5. The molecular formula is C37H40O14. The van der Waals surface area contributed by atoms with Crippen molar-refractivity contribution in [2.45, 2.75) is 81.2 Å². The van der Waals surface area contributed by atoms with Crippen molar-refractivity contribution in [3.05, 3.63) is 94.6 Å². The molecule has 2 fully saturated rings. The molecule has 3 aromatic carbocycles. The molecule has 14 nitrogen and oxygen atoms in total. The molecule has 1 unspecified atom stereocenters. The summed E-state index contributed by atoms with van der Waals surface area (Å²) in [5.41, 5.74) is 1.39. The number of allylic oxidation sites excluding steroid dienone is 4. The number of hydrogen-bond acceptors (Lipinski definition) is 14. The Hall–Kier alpha value is -4.06. The van der Waals surface area contributed by atoms with Crippen LogP contribution in [-0.4, -0.2) is 127 Å². The number of aliphatic hydroxyl groups excluding tert-OH is 8. The minimum atomic E-state index is -1.80. The number of ether oxygens (including phenoxy) is 4. The van der Waals surface area contributed by atoms with Crippen LogP contribution in [0.25, 0.3) is 10.8 Å². The van der Waals surface area contributed by atoms with Gasteiger partial charge in [0.2, 0.25) is 12.6 Å². The van der Waals surface area contributed by atoms with Crippen LogP contribution in [0.2, 0.25) is 0 Å². The highest BCUT2D eigenvalue weighted by atomic mass is 16.7. The van der Waals surface area contributed by atoms with Crippen LogP contribution in [0.3, 0.4) is 0 Å². The van der Waals surface area contributed by atoms with Crippen molar-refractivity contribution in [2.75, 3.05) is 13.2 Å². The lowest BCUT2D eigenvalue weighted by molar-refractivity contribution is -0.277. The molecule has 2 saturated heterocycles. The topological polar surface area (TPSA) is 233 Å². The zero-order chi connectivity index (χ0) is 36.7. The maximum absolute atomic E-state index is 14.1. The molecule has 11 atom stereocenters. The van der Waals surface area contributed by atoms with E-state index in [1.807, 2.05) is 0 Å². The normalized spacial score (nSPS) is 31.5. The zero-order valence-electron chi connectivity index (χ0n) is 27.6. The number of fused-ring (bicyclic) bond motifs is 2. The van der Waals surface area contributed by atoms with E-state index < -0.39 is 92.1 Å². The predicted octanol–water partition coefficient (Wildman–Crippen LogP) is 0.253. The molecule has 3 aromatic rings.